The molecule has 0 aliphatic carbocycles. The molecule has 4 rings (SSSR count). The fraction of sp³-hybridized carbons (Fsp3) is 0.136. The number of amidine groups is 1. The lowest BCUT2D eigenvalue weighted by molar-refractivity contribution is 0.416. The minimum Gasteiger partial charge on any atom is -0.495 e. The van der Waals surface area contributed by atoms with E-state index in [2.05, 4.69) is 10.3 Å². The Labute approximate surface area is 168 Å². The van der Waals surface area contributed by atoms with Gasteiger partial charge in [0.25, 0.3) is 0 Å². The Bertz CT molecular complexity index is 1020. The lowest BCUT2D eigenvalue weighted by atomic mass is 10.1. The molecule has 0 amide bonds. The minimum absolute atomic E-state index is 0.587. The largest absolute Gasteiger partial charge is 0.495 e. The fourth-order valence-electron chi connectivity index (χ4n) is 3.04. The van der Waals surface area contributed by atoms with Gasteiger partial charge in [0.1, 0.15) is 23.1 Å². The summed E-state index contributed by atoms with van der Waals surface area (Å²) in [5.74, 6) is 3.13. The van der Waals surface area contributed by atoms with Crippen molar-refractivity contribution >= 4 is 28.8 Å². The highest BCUT2D eigenvalue weighted by atomic mass is 35.5. The fourth-order valence-corrected chi connectivity index (χ4v) is 3.17. The van der Waals surface area contributed by atoms with Crippen LogP contribution in [0.5, 0.6) is 17.2 Å². The number of nitrogens with two attached hydrogens (primary N) is 1. The number of halogens is 1. The number of ether oxygens (including phenoxy) is 2. The Hall–Kier alpha value is -3.18. The summed E-state index contributed by atoms with van der Waals surface area (Å²) in [5, 5.41) is 4.01. The van der Waals surface area contributed by atoms with Crippen LogP contribution in [0.1, 0.15) is 11.1 Å². The number of benzene rings is 3. The summed E-state index contributed by atoms with van der Waals surface area (Å²) in [6, 6.07) is 19.0. The van der Waals surface area contributed by atoms with Crippen molar-refractivity contribution in [3.63, 3.8) is 0 Å². The second-order valence-corrected chi connectivity index (χ2v) is 6.95. The van der Waals surface area contributed by atoms with E-state index < -0.39 is 0 Å². The van der Waals surface area contributed by atoms with Gasteiger partial charge in [-0.1, -0.05) is 23.7 Å². The molecule has 0 aromatic heterocycles. The van der Waals surface area contributed by atoms with Gasteiger partial charge in [-0.2, -0.15) is 0 Å². The van der Waals surface area contributed by atoms with Gasteiger partial charge in [-0.3, -0.25) is 4.99 Å². The van der Waals surface area contributed by atoms with Crippen LogP contribution in [0.15, 0.2) is 65.7 Å². The molecule has 0 saturated carbocycles. The van der Waals surface area contributed by atoms with Crippen molar-refractivity contribution in [2.24, 2.45) is 4.99 Å². The lowest BCUT2D eigenvalue weighted by Crippen LogP contribution is -2.06. The smallest absolute Gasteiger partial charge is 0.142 e. The molecular formula is C22H20ClN3O2. The second-order valence-electron chi connectivity index (χ2n) is 6.52. The number of hydrogen-bond donors (Lipinski definition) is 2. The van der Waals surface area contributed by atoms with E-state index in [1.54, 1.807) is 19.2 Å². The predicted molar refractivity (Wildman–Crippen MR) is 114 cm³/mol. The summed E-state index contributed by atoms with van der Waals surface area (Å²) >= 11 is 5.89. The lowest BCUT2D eigenvalue weighted by Gasteiger charge is -2.07. The Balaban J connectivity index is 1.39. The van der Waals surface area contributed by atoms with Gasteiger partial charge < -0.3 is 20.5 Å². The van der Waals surface area contributed by atoms with Gasteiger partial charge in [0.05, 0.1) is 19.3 Å². The number of anilines is 2. The first kappa shape index (κ1) is 18.2. The molecule has 0 fully saturated rings. The summed E-state index contributed by atoms with van der Waals surface area (Å²) in [7, 11) is 1.62. The highest BCUT2D eigenvalue weighted by molar-refractivity contribution is 6.30. The van der Waals surface area contributed by atoms with Gasteiger partial charge in [-0.25, -0.2) is 0 Å². The monoisotopic (exact) mass is 393 g/mol. The third kappa shape index (κ3) is 4.05. The molecule has 5 nitrogen and oxygen atoms in total. The molecule has 0 radical (unpaired) electrons. The molecular weight excluding hydrogens is 374 g/mol. The van der Waals surface area contributed by atoms with E-state index >= 15 is 0 Å². The molecule has 0 unspecified atom stereocenters. The van der Waals surface area contributed by atoms with Crippen LogP contribution >= 0.6 is 11.6 Å². The second kappa shape index (κ2) is 7.82. The number of hydrogen-bond acceptors (Lipinski definition) is 4. The molecule has 0 spiro atoms. The highest BCUT2D eigenvalue weighted by Crippen LogP contribution is 2.33. The maximum atomic E-state index is 5.97. The molecule has 3 aromatic carbocycles. The van der Waals surface area contributed by atoms with Gasteiger partial charge >= 0.3 is 0 Å². The van der Waals surface area contributed by atoms with Crippen molar-refractivity contribution in [2.75, 3.05) is 18.2 Å². The summed E-state index contributed by atoms with van der Waals surface area (Å²) in [5.41, 5.74) is 9.81. The van der Waals surface area contributed by atoms with Crippen LogP contribution in [-0.4, -0.2) is 12.9 Å². The Morgan fingerprint density at radius 1 is 1.04 bits per heavy atom. The van der Waals surface area contributed by atoms with E-state index in [0.29, 0.717) is 23.0 Å². The van der Waals surface area contributed by atoms with E-state index in [4.69, 9.17) is 26.8 Å². The molecule has 28 heavy (non-hydrogen) atoms. The molecule has 1 aliphatic rings. The highest BCUT2D eigenvalue weighted by Gasteiger charge is 2.18. The van der Waals surface area contributed by atoms with E-state index in [1.807, 2.05) is 48.5 Å². The molecule has 0 saturated heterocycles. The van der Waals surface area contributed by atoms with Gasteiger partial charge in [-0.05, 0) is 59.7 Å². The summed E-state index contributed by atoms with van der Waals surface area (Å²) in [4.78, 5) is 4.69. The average Bonchev–Trinajstić information content (AvgIpc) is 3.10. The number of nitrogens with one attached hydrogen (secondary N) is 1. The van der Waals surface area contributed by atoms with Crippen LogP contribution in [0, 0.1) is 0 Å². The summed E-state index contributed by atoms with van der Waals surface area (Å²) < 4.78 is 11.1. The number of fused-ring (bicyclic) bond motifs is 1. The number of nitrogens with zero attached hydrogens (tertiary/aromatic N) is 1. The van der Waals surface area contributed by atoms with E-state index in [0.717, 1.165) is 40.6 Å². The van der Waals surface area contributed by atoms with Crippen molar-refractivity contribution in [1.29, 1.82) is 0 Å². The third-order valence-electron chi connectivity index (χ3n) is 4.52. The normalized spacial score (nSPS) is 13.9. The van der Waals surface area contributed by atoms with E-state index in [9.17, 15) is 0 Å². The Morgan fingerprint density at radius 2 is 1.71 bits per heavy atom. The van der Waals surface area contributed by atoms with E-state index in [-0.39, 0.29) is 0 Å². The molecule has 142 valence electrons. The first-order valence-electron chi connectivity index (χ1n) is 8.90. The van der Waals surface area contributed by atoms with Gasteiger partial charge in [-0.15, -0.1) is 0 Å². The van der Waals surface area contributed by atoms with Crippen LogP contribution in [0.2, 0.25) is 5.02 Å². The third-order valence-corrected chi connectivity index (χ3v) is 4.77. The van der Waals surface area contributed by atoms with Crippen LogP contribution in [0.3, 0.4) is 0 Å². The summed E-state index contributed by atoms with van der Waals surface area (Å²) in [6.45, 7) is 0.587. The van der Waals surface area contributed by atoms with Gasteiger partial charge in [0.2, 0.25) is 0 Å². The zero-order chi connectivity index (χ0) is 19.5. The zero-order valence-corrected chi connectivity index (χ0v) is 16.2. The maximum absolute atomic E-state index is 5.97. The van der Waals surface area contributed by atoms with Crippen molar-refractivity contribution < 1.29 is 9.47 Å². The number of aliphatic imine (C=N–C) groups is 1. The molecule has 0 atom stereocenters. The Morgan fingerprint density at radius 3 is 2.39 bits per heavy atom. The van der Waals surface area contributed by atoms with Crippen molar-refractivity contribution in [3.8, 4) is 17.2 Å². The standard InChI is InChI=1S/C22H20ClN3O2/c1-27-21-10-15-11-22(26-20(15)12-19(21)24)25-13-14-2-6-17(7-3-14)28-18-8-4-16(23)5-9-18/h2-10,12H,11,13,24H2,1H3,(H,25,26). The summed E-state index contributed by atoms with van der Waals surface area (Å²) in [6.07, 6.45) is 0.740. The SMILES string of the molecule is COc1cc2c(cc1N)NC(=NCc1ccc(Oc3ccc(Cl)cc3)cc1)C2. The van der Waals surface area contributed by atoms with Crippen LogP contribution in [-0.2, 0) is 13.0 Å². The first-order valence-corrected chi connectivity index (χ1v) is 9.27. The topological polar surface area (TPSA) is 68.9 Å². The predicted octanol–water partition coefficient (Wildman–Crippen LogP) is 5.29. The molecule has 1 heterocycles. The van der Waals surface area contributed by atoms with Crippen LogP contribution < -0.4 is 20.5 Å². The first-order chi connectivity index (χ1) is 13.6. The average molecular weight is 394 g/mol. The Kier molecular flexibility index (Phi) is 5.08. The van der Waals surface area contributed by atoms with E-state index in [1.165, 1.54) is 0 Å². The quantitative estimate of drug-likeness (QED) is 0.578. The van der Waals surface area contributed by atoms with Crippen LogP contribution in [0.25, 0.3) is 0 Å². The number of nitrogen functional groups attached to an aromatic ring is 1. The zero-order valence-electron chi connectivity index (χ0n) is 15.4. The minimum atomic E-state index is 0.587. The van der Waals surface area contributed by atoms with Crippen molar-refractivity contribution in [2.45, 2.75) is 13.0 Å². The van der Waals surface area contributed by atoms with Crippen LogP contribution in [0.4, 0.5) is 11.4 Å². The molecule has 3 aromatic rings. The molecule has 6 heteroatoms. The maximum Gasteiger partial charge on any atom is 0.142 e. The van der Waals surface area contributed by atoms with Gasteiger partial charge in [0.15, 0.2) is 0 Å². The van der Waals surface area contributed by atoms with Gasteiger partial charge in [0, 0.05) is 17.1 Å². The number of rotatable bonds is 5. The van der Waals surface area contributed by atoms with Crippen molar-refractivity contribution in [1.82, 2.24) is 0 Å². The molecule has 1 aliphatic heterocycles. The molecule has 3 N–H and O–H groups in total. The van der Waals surface area contributed by atoms with Crippen molar-refractivity contribution in [3.05, 3.63) is 76.8 Å². The molecule has 0 bridgehead atoms. The number of methoxy groups -OCH3 is 1.